The third-order valence-electron chi connectivity index (χ3n) is 5.52. The van der Waals surface area contributed by atoms with Gasteiger partial charge in [0.25, 0.3) is 0 Å². The number of aromatic nitrogens is 1. The number of hydrogen-bond acceptors (Lipinski definition) is 2. The molecule has 4 aliphatic rings. The van der Waals surface area contributed by atoms with E-state index in [2.05, 4.69) is 23.3 Å². The SMILES string of the molecule is Cc1cnc(Cl)c(NC2C3CC4CC(C3)CC2C4)c1. The molecular weight excluding hydrogens is 256 g/mol. The van der Waals surface area contributed by atoms with E-state index in [0.29, 0.717) is 11.2 Å². The summed E-state index contributed by atoms with van der Waals surface area (Å²) < 4.78 is 0. The number of hydrogen-bond donors (Lipinski definition) is 1. The molecule has 4 saturated carbocycles. The normalized spacial score (nSPS) is 39.6. The molecule has 0 aliphatic heterocycles. The number of halogens is 1. The zero-order chi connectivity index (χ0) is 13.0. The second-order valence-corrected chi connectivity index (χ2v) is 7.31. The van der Waals surface area contributed by atoms with Crippen LogP contribution in [0.2, 0.25) is 5.15 Å². The highest BCUT2D eigenvalue weighted by molar-refractivity contribution is 6.32. The van der Waals surface area contributed by atoms with Gasteiger partial charge in [0.1, 0.15) is 0 Å². The van der Waals surface area contributed by atoms with Gasteiger partial charge >= 0.3 is 0 Å². The number of pyridine rings is 1. The lowest BCUT2D eigenvalue weighted by molar-refractivity contribution is 0.00753. The number of nitrogens with one attached hydrogen (secondary N) is 1. The van der Waals surface area contributed by atoms with Crippen molar-refractivity contribution in [3.63, 3.8) is 0 Å². The standard InChI is InChI=1S/C16H21ClN2/c1-9-2-14(16(17)18-8-9)19-15-12-4-10-3-11(6-12)7-13(15)5-10/h2,8,10-13,15,19H,3-7H2,1H3. The maximum Gasteiger partial charge on any atom is 0.152 e. The fraction of sp³-hybridized carbons (Fsp3) is 0.688. The van der Waals surface area contributed by atoms with Crippen molar-refractivity contribution < 1.29 is 0 Å². The van der Waals surface area contributed by atoms with E-state index < -0.39 is 0 Å². The van der Waals surface area contributed by atoms with Gasteiger partial charge < -0.3 is 5.32 Å². The van der Waals surface area contributed by atoms with Gasteiger partial charge in [-0.15, -0.1) is 0 Å². The first-order chi connectivity index (χ1) is 9.19. The van der Waals surface area contributed by atoms with Crippen molar-refractivity contribution in [3.05, 3.63) is 23.0 Å². The molecule has 0 atom stereocenters. The van der Waals surface area contributed by atoms with E-state index in [1.807, 2.05) is 6.20 Å². The molecule has 4 fully saturated rings. The van der Waals surface area contributed by atoms with Gasteiger partial charge in [-0.05, 0) is 74.3 Å². The number of nitrogens with zero attached hydrogens (tertiary/aromatic N) is 1. The summed E-state index contributed by atoms with van der Waals surface area (Å²) in [5, 5.41) is 4.36. The molecule has 1 aromatic rings. The first-order valence-corrected chi connectivity index (χ1v) is 7.95. The topological polar surface area (TPSA) is 24.9 Å². The molecule has 1 aromatic heterocycles. The third-order valence-corrected chi connectivity index (χ3v) is 5.83. The minimum Gasteiger partial charge on any atom is -0.379 e. The van der Waals surface area contributed by atoms with E-state index in [1.54, 1.807) is 0 Å². The minimum absolute atomic E-state index is 0.624. The fourth-order valence-corrected chi connectivity index (χ4v) is 5.15. The summed E-state index contributed by atoms with van der Waals surface area (Å²) in [5.74, 6) is 3.78. The van der Waals surface area contributed by atoms with Crippen molar-refractivity contribution in [1.29, 1.82) is 0 Å². The number of aryl methyl sites for hydroxylation is 1. The maximum absolute atomic E-state index is 6.24. The lowest BCUT2D eigenvalue weighted by Gasteiger charge is -2.54. The summed E-state index contributed by atoms with van der Waals surface area (Å²) in [7, 11) is 0. The van der Waals surface area contributed by atoms with Gasteiger partial charge in [0.15, 0.2) is 5.15 Å². The van der Waals surface area contributed by atoms with Crippen LogP contribution < -0.4 is 5.32 Å². The molecule has 1 heterocycles. The summed E-state index contributed by atoms with van der Waals surface area (Å²) in [6.45, 7) is 2.07. The van der Waals surface area contributed by atoms with E-state index in [0.717, 1.165) is 29.4 Å². The predicted octanol–water partition coefficient (Wildman–Crippen LogP) is 4.28. The Bertz CT molecular complexity index is 472. The highest BCUT2D eigenvalue weighted by Crippen LogP contribution is 2.54. The van der Waals surface area contributed by atoms with E-state index in [-0.39, 0.29) is 0 Å². The Morgan fingerprint density at radius 3 is 2.37 bits per heavy atom. The van der Waals surface area contributed by atoms with E-state index in [9.17, 15) is 0 Å². The van der Waals surface area contributed by atoms with Gasteiger partial charge in [0.05, 0.1) is 5.69 Å². The molecule has 102 valence electrons. The Labute approximate surface area is 120 Å². The van der Waals surface area contributed by atoms with Gasteiger partial charge in [0.2, 0.25) is 0 Å². The highest BCUT2D eigenvalue weighted by atomic mass is 35.5. The van der Waals surface area contributed by atoms with Crippen LogP contribution in [-0.4, -0.2) is 11.0 Å². The van der Waals surface area contributed by atoms with Crippen LogP contribution in [0.4, 0.5) is 5.69 Å². The summed E-state index contributed by atoms with van der Waals surface area (Å²) >= 11 is 6.24. The monoisotopic (exact) mass is 276 g/mol. The van der Waals surface area contributed by atoms with E-state index in [4.69, 9.17) is 11.6 Å². The van der Waals surface area contributed by atoms with Crippen LogP contribution in [0.3, 0.4) is 0 Å². The molecule has 19 heavy (non-hydrogen) atoms. The van der Waals surface area contributed by atoms with Crippen LogP contribution in [0.5, 0.6) is 0 Å². The van der Waals surface area contributed by atoms with Crippen LogP contribution in [0.1, 0.15) is 37.7 Å². The summed E-state index contributed by atoms with van der Waals surface area (Å²) in [4.78, 5) is 4.26. The molecule has 4 bridgehead atoms. The average molecular weight is 277 g/mol. The Kier molecular flexibility index (Phi) is 2.77. The van der Waals surface area contributed by atoms with Crippen molar-refractivity contribution in [1.82, 2.24) is 4.98 Å². The van der Waals surface area contributed by atoms with Gasteiger partial charge in [-0.25, -0.2) is 4.98 Å². The molecule has 0 aromatic carbocycles. The van der Waals surface area contributed by atoms with Crippen molar-refractivity contribution in [2.45, 2.75) is 45.1 Å². The van der Waals surface area contributed by atoms with Crippen molar-refractivity contribution >= 4 is 17.3 Å². The van der Waals surface area contributed by atoms with Gasteiger partial charge in [-0.2, -0.15) is 0 Å². The van der Waals surface area contributed by atoms with Gasteiger partial charge in [-0.3, -0.25) is 0 Å². The van der Waals surface area contributed by atoms with Crippen molar-refractivity contribution in [2.24, 2.45) is 23.7 Å². The quantitative estimate of drug-likeness (QED) is 0.816. The number of rotatable bonds is 2. The smallest absolute Gasteiger partial charge is 0.152 e. The summed E-state index contributed by atoms with van der Waals surface area (Å²) in [5.41, 5.74) is 2.22. The third kappa shape index (κ3) is 2.05. The summed E-state index contributed by atoms with van der Waals surface area (Å²) in [6.07, 6.45) is 9.07. The second kappa shape index (κ2) is 4.37. The van der Waals surface area contributed by atoms with Crippen LogP contribution in [-0.2, 0) is 0 Å². The molecule has 0 spiro atoms. The van der Waals surface area contributed by atoms with Crippen LogP contribution >= 0.6 is 11.6 Å². The molecular formula is C16H21ClN2. The molecule has 1 N–H and O–H groups in total. The lowest BCUT2D eigenvalue weighted by Crippen LogP contribution is -2.51. The Balaban J connectivity index is 1.58. The highest BCUT2D eigenvalue weighted by Gasteiger charge is 2.48. The first kappa shape index (κ1) is 12.0. The summed E-state index contributed by atoms with van der Waals surface area (Å²) in [6, 6.07) is 2.77. The fourth-order valence-electron chi connectivity index (χ4n) is 4.99. The van der Waals surface area contributed by atoms with E-state index in [1.165, 1.54) is 37.7 Å². The Morgan fingerprint density at radius 2 is 1.74 bits per heavy atom. The molecule has 0 unspecified atom stereocenters. The molecule has 3 heteroatoms. The molecule has 0 saturated heterocycles. The average Bonchev–Trinajstić information content (AvgIpc) is 2.37. The van der Waals surface area contributed by atoms with Crippen molar-refractivity contribution in [2.75, 3.05) is 5.32 Å². The van der Waals surface area contributed by atoms with Gasteiger partial charge in [-0.1, -0.05) is 11.6 Å². The van der Waals surface area contributed by atoms with Crippen molar-refractivity contribution in [3.8, 4) is 0 Å². The molecule has 2 nitrogen and oxygen atoms in total. The minimum atomic E-state index is 0.624. The predicted molar refractivity (Wildman–Crippen MR) is 78.4 cm³/mol. The molecule has 0 amide bonds. The maximum atomic E-state index is 6.24. The van der Waals surface area contributed by atoms with E-state index >= 15 is 0 Å². The zero-order valence-electron chi connectivity index (χ0n) is 11.4. The zero-order valence-corrected chi connectivity index (χ0v) is 12.2. The second-order valence-electron chi connectivity index (χ2n) is 6.95. The van der Waals surface area contributed by atoms with Crippen LogP contribution in [0.15, 0.2) is 12.3 Å². The van der Waals surface area contributed by atoms with Crippen LogP contribution in [0, 0.1) is 30.6 Å². The van der Waals surface area contributed by atoms with Crippen LogP contribution in [0.25, 0.3) is 0 Å². The molecule has 5 rings (SSSR count). The Morgan fingerprint density at radius 1 is 1.11 bits per heavy atom. The first-order valence-electron chi connectivity index (χ1n) is 7.57. The number of anilines is 1. The largest absolute Gasteiger partial charge is 0.379 e. The molecule has 0 radical (unpaired) electrons. The Hall–Kier alpha value is -0.760. The lowest BCUT2D eigenvalue weighted by atomic mass is 9.54. The molecule has 4 aliphatic carbocycles. The van der Waals surface area contributed by atoms with Gasteiger partial charge in [0, 0.05) is 12.2 Å².